The lowest BCUT2D eigenvalue weighted by atomic mass is 9.91. The molecule has 0 atom stereocenters. The van der Waals surface area contributed by atoms with Gasteiger partial charge in [-0.15, -0.1) is 0 Å². The average molecular weight is 265 g/mol. The van der Waals surface area contributed by atoms with Gasteiger partial charge in [-0.2, -0.15) is 5.10 Å². The average Bonchev–Trinajstić information content (AvgIpc) is 2.73. The third-order valence-corrected chi connectivity index (χ3v) is 3.95. The molecule has 1 N–H and O–H groups in total. The number of aliphatic hydroxyl groups is 1. The predicted octanol–water partition coefficient (Wildman–Crippen LogP) is 2.12. The Balaban J connectivity index is 2.11. The van der Waals surface area contributed by atoms with Crippen LogP contribution in [0.4, 0.5) is 0 Å². The van der Waals surface area contributed by atoms with Crippen LogP contribution in [0.1, 0.15) is 51.0 Å². The smallest absolute Gasteiger partial charge is 0.0596 e. The van der Waals surface area contributed by atoms with Gasteiger partial charge in [0.2, 0.25) is 0 Å². The molecule has 4 heteroatoms. The number of piperidine rings is 1. The van der Waals surface area contributed by atoms with Crippen molar-refractivity contribution in [3.63, 3.8) is 0 Å². The minimum Gasteiger partial charge on any atom is -0.395 e. The Morgan fingerprint density at radius 2 is 1.95 bits per heavy atom. The summed E-state index contributed by atoms with van der Waals surface area (Å²) in [7, 11) is 0. The molecule has 2 rings (SSSR count). The van der Waals surface area contributed by atoms with Crippen molar-refractivity contribution < 1.29 is 5.11 Å². The predicted molar refractivity (Wildman–Crippen MR) is 77.5 cm³/mol. The lowest BCUT2D eigenvalue weighted by molar-refractivity contribution is 0.143. The first-order valence-electron chi connectivity index (χ1n) is 7.31. The quantitative estimate of drug-likeness (QED) is 0.910. The normalized spacial score (nSPS) is 19.0. The molecule has 1 aliphatic rings. The monoisotopic (exact) mass is 265 g/mol. The third-order valence-electron chi connectivity index (χ3n) is 3.95. The Morgan fingerprint density at radius 3 is 2.47 bits per heavy atom. The zero-order valence-electron chi connectivity index (χ0n) is 12.7. The highest BCUT2D eigenvalue weighted by Gasteiger charge is 2.27. The van der Waals surface area contributed by atoms with Crippen molar-refractivity contribution in [2.75, 3.05) is 26.2 Å². The first-order valence-corrected chi connectivity index (χ1v) is 7.31. The van der Waals surface area contributed by atoms with E-state index in [4.69, 9.17) is 10.2 Å². The number of aliphatic hydroxyl groups excluding tert-OH is 1. The van der Waals surface area contributed by atoms with Crippen LogP contribution < -0.4 is 0 Å². The molecule has 1 fully saturated rings. The second-order valence-corrected chi connectivity index (χ2v) is 6.66. The van der Waals surface area contributed by atoms with E-state index in [9.17, 15) is 0 Å². The van der Waals surface area contributed by atoms with Crippen LogP contribution in [0.3, 0.4) is 0 Å². The van der Waals surface area contributed by atoms with Gasteiger partial charge in [-0.1, -0.05) is 20.8 Å². The highest BCUT2D eigenvalue weighted by molar-refractivity contribution is 5.18. The summed E-state index contributed by atoms with van der Waals surface area (Å²) in [4.78, 5) is 2.34. The van der Waals surface area contributed by atoms with Gasteiger partial charge < -0.3 is 10.0 Å². The highest BCUT2D eigenvalue weighted by atomic mass is 16.3. The van der Waals surface area contributed by atoms with Crippen molar-refractivity contribution in [1.29, 1.82) is 0 Å². The molecule has 4 nitrogen and oxygen atoms in total. The summed E-state index contributed by atoms with van der Waals surface area (Å²) in [5, 5.41) is 13.7. The standard InChI is InChI=1S/C15H27N3O/c1-12-11-14(15(2,3)4)18(16-12)13-5-7-17(8-6-13)9-10-19/h11,13,19H,5-10H2,1-4H3. The molecule has 0 aromatic carbocycles. The Hall–Kier alpha value is -0.870. The molecule has 0 unspecified atom stereocenters. The molecule has 0 aliphatic carbocycles. The fourth-order valence-electron chi connectivity index (χ4n) is 2.88. The van der Waals surface area contributed by atoms with E-state index in [1.807, 2.05) is 0 Å². The molecule has 0 amide bonds. The largest absolute Gasteiger partial charge is 0.395 e. The van der Waals surface area contributed by atoms with Crippen LogP contribution >= 0.6 is 0 Å². The van der Waals surface area contributed by atoms with Crippen molar-refractivity contribution in [1.82, 2.24) is 14.7 Å². The van der Waals surface area contributed by atoms with Crippen LogP contribution in [0.25, 0.3) is 0 Å². The second-order valence-electron chi connectivity index (χ2n) is 6.66. The summed E-state index contributed by atoms with van der Waals surface area (Å²) in [5.41, 5.74) is 2.59. The van der Waals surface area contributed by atoms with E-state index in [2.05, 4.69) is 43.3 Å². The van der Waals surface area contributed by atoms with Crippen LogP contribution in [0.15, 0.2) is 6.07 Å². The van der Waals surface area contributed by atoms with Gasteiger partial charge in [0, 0.05) is 30.7 Å². The first-order chi connectivity index (χ1) is 8.91. The Morgan fingerprint density at radius 1 is 1.32 bits per heavy atom. The maximum Gasteiger partial charge on any atom is 0.0596 e. The fourth-order valence-corrected chi connectivity index (χ4v) is 2.88. The number of β-amino-alcohol motifs (C(OH)–C–C–N with tert-alkyl or cyclic N) is 1. The molecule has 0 bridgehead atoms. The summed E-state index contributed by atoms with van der Waals surface area (Å²) in [5.74, 6) is 0. The Labute approximate surface area is 116 Å². The molecule has 1 aromatic rings. The van der Waals surface area contributed by atoms with Crippen molar-refractivity contribution in [2.24, 2.45) is 0 Å². The number of likely N-dealkylation sites (tertiary alicyclic amines) is 1. The number of hydrogen-bond donors (Lipinski definition) is 1. The zero-order valence-corrected chi connectivity index (χ0v) is 12.7. The maximum atomic E-state index is 9.00. The molecule has 1 saturated heterocycles. The van der Waals surface area contributed by atoms with Gasteiger partial charge in [0.15, 0.2) is 0 Å². The van der Waals surface area contributed by atoms with Crippen LogP contribution in [0.5, 0.6) is 0 Å². The SMILES string of the molecule is Cc1cc(C(C)(C)C)n(C2CCN(CCO)CC2)n1. The van der Waals surface area contributed by atoms with Crippen molar-refractivity contribution in [2.45, 2.75) is 52.0 Å². The molecule has 1 aromatic heterocycles. The van der Waals surface area contributed by atoms with Gasteiger partial charge in [-0.25, -0.2) is 0 Å². The summed E-state index contributed by atoms with van der Waals surface area (Å²) < 4.78 is 2.26. The summed E-state index contributed by atoms with van der Waals surface area (Å²) in [6.45, 7) is 12.0. The molecule has 1 aliphatic heterocycles. The minimum absolute atomic E-state index is 0.142. The van der Waals surface area contributed by atoms with Crippen molar-refractivity contribution in [3.8, 4) is 0 Å². The second kappa shape index (κ2) is 5.63. The molecule has 108 valence electrons. The summed E-state index contributed by atoms with van der Waals surface area (Å²) in [6, 6.07) is 2.73. The van der Waals surface area contributed by atoms with Gasteiger partial charge >= 0.3 is 0 Å². The molecule has 0 radical (unpaired) electrons. The van der Waals surface area contributed by atoms with Gasteiger partial charge in [-0.05, 0) is 25.8 Å². The number of aromatic nitrogens is 2. The highest BCUT2D eigenvalue weighted by Crippen LogP contribution is 2.30. The fraction of sp³-hybridized carbons (Fsp3) is 0.800. The molecular weight excluding hydrogens is 238 g/mol. The number of nitrogens with zero attached hydrogens (tertiary/aromatic N) is 3. The van der Waals surface area contributed by atoms with Crippen molar-refractivity contribution in [3.05, 3.63) is 17.5 Å². The minimum atomic E-state index is 0.142. The zero-order chi connectivity index (χ0) is 14.0. The van der Waals surface area contributed by atoms with Gasteiger partial charge in [0.25, 0.3) is 0 Å². The molecule has 0 spiro atoms. The van der Waals surface area contributed by atoms with Gasteiger partial charge in [0.05, 0.1) is 18.3 Å². The summed E-state index contributed by atoms with van der Waals surface area (Å²) >= 11 is 0. The Kier molecular flexibility index (Phi) is 4.31. The van der Waals surface area contributed by atoms with Crippen LogP contribution in [-0.4, -0.2) is 46.0 Å². The third kappa shape index (κ3) is 3.37. The van der Waals surface area contributed by atoms with E-state index >= 15 is 0 Å². The van der Waals surface area contributed by atoms with Crippen molar-refractivity contribution >= 4 is 0 Å². The van der Waals surface area contributed by atoms with Crippen LogP contribution in [-0.2, 0) is 5.41 Å². The molecule has 19 heavy (non-hydrogen) atoms. The van der Waals surface area contributed by atoms with E-state index in [-0.39, 0.29) is 12.0 Å². The van der Waals surface area contributed by atoms with E-state index in [1.165, 1.54) is 5.69 Å². The van der Waals surface area contributed by atoms with Gasteiger partial charge in [0.1, 0.15) is 0 Å². The lowest BCUT2D eigenvalue weighted by Gasteiger charge is -2.33. The van der Waals surface area contributed by atoms with E-state index in [0.717, 1.165) is 38.2 Å². The maximum absolute atomic E-state index is 9.00. The Bertz CT molecular complexity index is 412. The van der Waals surface area contributed by atoms with E-state index in [0.29, 0.717) is 6.04 Å². The van der Waals surface area contributed by atoms with E-state index < -0.39 is 0 Å². The first kappa shape index (κ1) is 14.5. The number of hydrogen-bond acceptors (Lipinski definition) is 3. The number of rotatable bonds is 3. The topological polar surface area (TPSA) is 41.3 Å². The summed E-state index contributed by atoms with van der Waals surface area (Å²) in [6.07, 6.45) is 2.26. The molecule has 2 heterocycles. The van der Waals surface area contributed by atoms with Crippen LogP contribution in [0.2, 0.25) is 0 Å². The molecular formula is C15H27N3O. The van der Waals surface area contributed by atoms with Gasteiger partial charge in [-0.3, -0.25) is 4.68 Å². The molecule has 0 saturated carbocycles. The van der Waals surface area contributed by atoms with E-state index in [1.54, 1.807) is 0 Å². The van der Waals surface area contributed by atoms with Crippen LogP contribution in [0, 0.1) is 6.92 Å². The lowest BCUT2D eigenvalue weighted by Crippen LogP contribution is -2.37. The number of aryl methyl sites for hydroxylation is 1.